The van der Waals surface area contributed by atoms with E-state index in [1.807, 2.05) is 19.9 Å². The molecule has 1 heterocycles. The molecule has 1 N–H and O–H groups in total. The number of nitrogens with one attached hydrogen (secondary N) is 1. The Bertz CT molecular complexity index is 589. The number of hydrogen-bond acceptors (Lipinski definition) is 2. The molecule has 2 nitrogen and oxygen atoms in total. The predicted molar refractivity (Wildman–Crippen MR) is 79.5 cm³/mol. The summed E-state index contributed by atoms with van der Waals surface area (Å²) in [6, 6.07) is 6.75. The highest BCUT2D eigenvalue weighted by Crippen LogP contribution is 2.31. The Balaban J connectivity index is 2.47. The van der Waals surface area contributed by atoms with Crippen molar-refractivity contribution in [2.45, 2.75) is 40.2 Å². The van der Waals surface area contributed by atoms with Crippen LogP contribution in [0.5, 0.6) is 0 Å². The van der Waals surface area contributed by atoms with Gasteiger partial charge < -0.3 is 9.73 Å². The van der Waals surface area contributed by atoms with Crippen molar-refractivity contribution in [1.29, 1.82) is 0 Å². The van der Waals surface area contributed by atoms with Gasteiger partial charge in [-0.2, -0.15) is 0 Å². The van der Waals surface area contributed by atoms with Gasteiger partial charge in [0.1, 0.15) is 17.3 Å². The van der Waals surface area contributed by atoms with Gasteiger partial charge in [-0.1, -0.05) is 19.1 Å². The first-order valence-corrected chi connectivity index (χ1v) is 7.10. The molecule has 2 rings (SSSR count). The second-order valence-corrected chi connectivity index (χ2v) is 5.20. The number of halogens is 1. The van der Waals surface area contributed by atoms with E-state index in [4.69, 9.17) is 4.42 Å². The minimum Gasteiger partial charge on any atom is -0.466 e. The van der Waals surface area contributed by atoms with E-state index in [0.29, 0.717) is 0 Å². The van der Waals surface area contributed by atoms with Crippen LogP contribution in [0.3, 0.4) is 0 Å². The molecule has 108 valence electrons. The molecule has 20 heavy (non-hydrogen) atoms. The quantitative estimate of drug-likeness (QED) is 0.873. The van der Waals surface area contributed by atoms with Gasteiger partial charge in [-0.05, 0) is 57.0 Å². The van der Waals surface area contributed by atoms with Crippen molar-refractivity contribution in [3.8, 4) is 0 Å². The van der Waals surface area contributed by atoms with Crippen LogP contribution in [0, 0.1) is 26.6 Å². The Morgan fingerprint density at radius 3 is 2.50 bits per heavy atom. The second-order valence-electron chi connectivity index (χ2n) is 5.20. The van der Waals surface area contributed by atoms with Crippen molar-refractivity contribution in [3.05, 3.63) is 58.3 Å². The molecule has 1 unspecified atom stereocenters. The Morgan fingerprint density at radius 2 is 1.95 bits per heavy atom. The molecule has 0 aliphatic rings. The lowest BCUT2D eigenvalue weighted by Gasteiger charge is -2.20. The molecule has 0 saturated heterocycles. The Hall–Kier alpha value is -1.61. The van der Waals surface area contributed by atoms with Gasteiger partial charge in [0.05, 0.1) is 6.04 Å². The maximum Gasteiger partial charge on any atom is 0.123 e. The lowest BCUT2D eigenvalue weighted by atomic mass is 9.95. The molecule has 0 spiro atoms. The third-order valence-corrected chi connectivity index (χ3v) is 3.69. The van der Waals surface area contributed by atoms with Crippen LogP contribution in [-0.2, 0) is 0 Å². The summed E-state index contributed by atoms with van der Waals surface area (Å²) in [5, 5.41) is 3.50. The van der Waals surface area contributed by atoms with E-state index in [9.17, 15) is 4.39 Å². The van der Waals surface area contributed by atoms with Crippen LogP contribution in [0.25, 0.3) is 0 Å². The van der Waals surface area contributed by atoms with Gasteiger partial charge in [-0.25, -0.2) is 4.39 Å². The van der Waals surface area contributed by atoms with Crippen molar-refractivity contribution < 1.29 is 8.81 Å². The van der Waals surface area contributed by atoms with E-state index in [-0.39, 0.29) is 11.9 Å². The van der Waals surface area contributed by atoms with Gasteiger partial charge in [0.2, 0.25) is 0 Å². The monoisotopic (exact) mass is 275 g/mol. The summed E-state index contributed by atoms with van der Waals surface area (Å²) in [4.78, 5) is 0. The molecular formula is C17H22FNO. The summed E-state index contributed by atoms with van der Waals surface area (Å²) < 4.78 is 19.2. The third kappa shape index (κ3) is 2.93. The molecule has 1 atom stereocenters. The Morgan fingerprint density at radius 1 is 1.20 bits per heavy atom. The van der Waals surface area contributed by atoms with Crippen molar-refractivity contribution in [3.63, 3.8) is 0 Å². The zero-order valence-corrected chi connectivity index (χ0v) is 12.6. The fraction of sp³-hybridized carbons (Fsp3) is 0.412. The van der Waals surface area contributed by atoms with E-state index >= 15 is 0 Å². The second kappa shape index (κ2) is 6.23. The SMILES string of the molecule is CCCNC(c1cccc(F)c1)c1c(C)oc(C)c1C. The minimum absolute atomic E-state index is 0.0249. The zero-order chi connectivity index (χ0) is 14.7. The maximum absolute atomic E-state index is 13.5. The van der Waals surface area contributed by atoms with E-state index in [2.05, 4.69) is 19.2 Å². The van der Waals surface area contributed by atoms with Crippen LogP contribution >= 0.6 is 0 Å². The first-order valence-electron chi connectivity index (χ1n) is 7.10. The van der Waals surface area contributed by atoms with Crippen molar-refractivity contribution in [2.24, 2.45) is 0 Å². The van der Waals surface area contributed by atoms with Crippen LogP contribution in [0.15, 0.2) is 28.7 Å². The average molecular weight is 275 g/mol. The molecule has 0 amide bonds. The third-order valence-electron chi connectivity index (χ3n) is 3.69. The first-order chi connectivity index (χ1) is 9.54. The summed E-state index contributed by atoms with van der Waals surface area (Å²) in [6.07, 6.45) is 1.03. The van der Waals surface area contributed by atoms with Crippen molar-refractivity contribution in [2.75, 3.05) is 6.54 Å². The minimum atomic E-state index is -0.207. The molecule has 0 saturated carbocycles. The molecule has 0 aliphatic heterocycles. The van der Waals surface area contributed by atoms with Gasteiger partial charge >= 0.3 is 0 Å². The summed E-state index contributed by atoms with van der Waals surface area (Å²) in [7, 11) is 0. The molecule has 1 aromatic carbocycles. The molecule has 1 aromatic heterocycles. The van der Waals surface area contributed by atoms with Crippen LogP contribution in [0.4, 0.5) is 4.39 Å². The van der Waals surface area contributed by atoms with Gasteiger partial charge in [-0.3, -0.25) is 0 Å². The van der Waals surface area contributed by atoms with E-state index in [0.717, 1.165) is 41.2 Å². The molecule has 0 aliphatic carbocycles. The van der Waals surface area contributed by atoms with Gasteiger partial charge in [0.15, 0.2) is 0 Å². The van der Waals surface area contributed by atoms with Gasteiger partial charge in [0.25, 0.3) is 0 Å². The van der Waals surface area contributed by atoms with Crippen molar-refractivity contribution >= 4 is 0 Å². The highest BCUT2D eigenvalue weighted by Gasteiger charge is 2.22. The summed E-state index contributed by atoms with van der Waals surface area (Å²) in [6.45, 7) is 8.99. The topological polar surface area (TPSA) is 25.2 Å². The molecule has 0 radical (unpaired) electrons. The van der Waals surface area contributed by atoms with Crippen LogP contribution in [0.1, 0.15) is 47.6 Å². The first kappa shape index (κ1) is 14.8. The van der Waals surface area contributed by atoms with Gasteiger partial charge in [-0.15, -0.1) is 0 Å². The number of rotatable bonds is 5. The Labute approximate surface area is 120 Å². The number of furan rings is 1. The normalized spacial score (nSPS) is 12.7. The number of aryl methyl sites for hydroxylation is 2. The van der Waals surface area contributed by atoms with Gasteiger partial charge in [0, 0.05) is 5.56 Å². The fourth-order valence-electron chi connectivity index (χ4n) is 2.60. The smallest absolute Gasteiger partial charge is 0.123 e. The van der Waals surface area contributed by atoms with Crippen LogP contribution < -0.4 is 5.32 Å². The average Bonchev–Trinajstić information content (AvgIpc) is 2.66. The summed E-state index contributed by atoms with van der Waals surface area (Å²) >= 11 is 0. The lowest BCUT2D eigenvalue weighted by Crippen LogP contribution is -2.24. The molecule has 0 bridgehead atoms. The highest BCUT2D eigenvalue weighted by molar-refractivity contribution is 5.40. The Kier molecular flexibility index (Phi) is 4.61. The molecule has 3 heteroatoms. The highest BCUT2D eigenvalue weighted by atomic mass is 19.1. The van der Waals surface area contributed by atoms with E-state index in [1.165, 1.54) is 6.07 Å². The maximum atomic E-state index is 13.5. The van der Waals surface area contributed by atoms with E-state index < -0.39 is 0 Å². The number of benzene rings is 1. The fourth-order valence-corrected chi connectivity index (χ4v) is 2.60. The molecular weight excluding hydrogens is 253 g/mol. The summed E-state index contributed by atoms with van der Waals surface area (Å²) in [5.74, 6) is 1.62. The van der Waals surface area contributed by atoms with Crippen LogP contribution in [0.2, 0.25) is 0 Å². The number of hydrogen-bond donors (Lipinski definition) is 1. The zero-order valence-electron chi connectivity index (χ0n) is 12.6. The largest absolute Gasteiger partial charge is 0.466 e. The molecule has 2 aromatic rings. The van der Waals surface area contributed by atoms with Crippen LogP contribution in [-0.4, -0.2) is 6.54 Å². The molecule has 0 fully saturated rings. The lowest BCUT2D eigenvalue weighted by molar-refractivity contribution is 0.492. The van der Waals surface area contributed by atoms with E-state index in [1.54, 1.807) is 12.1 Å². The standard InChI is InChI=1S/C17H22FNO/c1-5-9-19-17(14-7-6-8-15(18)10-14)16-11(2)12(3)20-13(16)4/h6-8,10,17,19H,5,9H2,1-4H3. The van der Waals surface area contributed by atoms with Crippen molar-refractivity contribution in [1.82, 2.24) is 5.32 Å². The predicted octanol–water partition coefficient (Wildman–Crippen LogP) is 4.43. The summed E-state index contributed by atoms with van der Waals surface area (Å²) in [5.41, 5.74) is 3.20.